The highest BCUT2D eigenvalue weighted by Crippen LogP contribution is 2.26. The van der Waals surface area contributed by atoms with Crippen LogP contribution in [0.25, 0.3) is 0 Å². The Balaban J connectivity index is 1.97. The second kappa shape index (κ2) is 7.61. The maximum Gasteiger partial charge on any atom is 0.237 e. The number of hydrogen-bond acceptors (Lipinski definition) is 4. The maximum absolute atomic E-state index is 12.2. The van der Waals surface area contributed by atoms with Crippen molar-refractivity contribution in [3.63, 3.8) is 0 Å². The molecule has 1 aromatic carbocycles. The zero-order valence-corrected chi connectivity index (χ0v) is 13.2. The van der Waals surface area contributed by atoms with Gasteiger partial charge in [0.25, 0.3) is 0 Å². The summed E-state index contributed by atoms with van der Waals surface area (Å²) in [5.41, 5.74) is 1.44. The van der Waals surface area contributed by atoms with Crippen LogP contribution in [0.5, 0.6) is 0 Å². The lowest BCUT2D eigenvalue weighted by Crippen LogP contribution is -2.22. The van der Waals surface area contributed by atoms with Crippen molar-refractivity contribution in [3.8, 4) is 0 Å². The average molecular weight is 315 g/mol. The summed E-state index contributed by atoms with van der Waals surface area (Å²) < 4.78 is 0. The van der Waals surface area contributed by atoms with Gasteiger partial charge in [-0.3, -0.25) is 14.6 Å². The van der Waals surface area contributed by atoms with Gasteiger partial charge < -0.3 is 10.6 Å². The van der Waals surface area contributed by atoms with E-state index in [4.69, 9.17) is 0 Å². The van der Waals surface area contributed by atoms with Gasteiger partial charge in [0.1, 0.15) is 0 Å². The number of hydrogen-bond donors (Lipinski definition) is 2. The van der Waals surface area contributed by atoms with Gasteiger partial charge in [-0.1, -0.05) is 6.07 Å². The minimum Gasteiger partial charge on any atom is -0.326 e. The van der Waals surface area contributed by atoms with Crippen molar-refractivity contribution in [1.29, 1.82) is 0 Å². The quantitative estimate of drug-likeness (QED) is 0.831. The third kappa shape index (κ3) is 4.89. The lowest BCUT2D eigenvalue weighted by molar-refractivity contribution is -0.115. The van der Waals surface area contributed by atoms with Crippen LogP contribution in [0.2, 0.25) is 0 Å². The fourth-order valence-corrected chi connectivity index (χ4v) is 2.71. The van der Waals surface area contributed by atoms with Crippen LogP contribution in [0.3, 0.4) is 0 Å². The number of aromatic nitrogens is 1. The summed E-state index contributed by atoms with van der Waals surface area (Å²) in [6, 6.07) is 10.9. The molecule has 0 aliphatic rings. The van der Waals surface area contributed by atoms with E-state index in [-0.39, 0.29) is 17.1 Å². The number of nitrogens with one attached hydrogen (secondary N) is 2. The van der Waals surface area contributed by atoms with Crippen molar-refractivity contribution in [1.82, 2.24) is 4.98 Å². The van der Waals surface area contributed by atoms with Crippen LogP contribution in [0.15, 0.2) is 53.7 Å². The normalized spacial score (nSPS) is 11.5. The molecule has 2 N–H and O–H groups in total. The molecule has 2 aromatic rings. The van der Waals surface area contributed by atoms with Crippen molar-refractivity contribution in [2.45, 2.75) is 24.0 Å². The van der Waals surface area contributed by atoms with Crippen LogP contribution in [-0.4, -0.2) is 22.0 Å². The zero-order valence-electron chi connectivity index (χ0n) is 12.4. The van der Waals surface area contributed by atoms with Crippen LogP contribution in [0, 0.1) is 0 Å². The van der Waals surface area contributed by atoms with E-state index < -0.39 is 0 Å². The molecule has 22 heavy (non-hydrogen) atoms. The van der Waals surface area contributed by atoms with Crippen LogP contribution >= 0.6 is 11.8 Å². The fraction of sp³-hybridized carbons (Fsp3) is 0.188. The summed E-state index contributed by atoms with van der Waals surface area (Å²) in [6.07, 6.45) is 3.26. The molecule has 0 bridgehead atoms. The average Bonchev–Trinajstić information content (AvgIpc) is 2.48. The molecule has 5 nitrogen and oxygen atoms in total. The van der Waals surface area contributed by atoms with Gasteiger partial charge in [-0.15, -0.1) is 11.8 Å². The summed E-state index contributed by atoms with van der Waals surface area (Å²) in [5, 5.41) is 5.30. The Kier molecular flexibility index (Phi) is 5.55. The highest BCUT2D eigenvalue weighted by atomic mass is 32.2. The predicted octanol–water partition coefficient (Wildman–Crippen LogP) is 3.16. The van der Waals surface area contributed by atoms with Gasteiger partial charge in [0.05, 0.1) is 5.25 Å². The number of carbonyl (C=O) groups is 2. The molecule has 0 spiro atoms. The first-order valence-electron chi connectivity index (χ1n) is 6.80. The highest BCUT2D eigenvalue weighted by molar-refractivity contribution is 8.00. The molecule has 0 saturated heterocycles. The van der Waals surface area contributed by atoms with Gasteiger partial charge in [-0.2, -0.15) is 0 Å². The van der Waals surface area contributed by atoms with Crippen molar-refractivity contribution >= 4 is 35.0 Å². The molecule has 0 fully saturated rings. The Morgan fingerprint density at radius 1 is 1.09 bits per heavy atom. The molecule has 1 atom stereocenters. The highest BCUT2D eigenvalue weighted by Gasteiger charge is 2.14. The van der Waals surface area contributed by atoms with Crippen molar-refractivity contribution in [2.75, 3.05) is 10.6 Å². The molecular weight excluding hydrogens is 298 g/mol. The molecule has 114 valence electrons. The Morgan fingerprint density at radius 3 is 2.50 bits per heavy atom. The lowest BCUT2D eigenvalue weighted by Gasteiger charge is -2.12. The zero-order chi connectivity index (χ0) is 15.9. The molecule has 1 unspecified atom stereocenters. The Morgan fingerprint density at radius 2 is 1.82 bits per heavy atom. The fourth-order valence-electron chi connectivity index (χ4n) is 1.79. The van der Waals surface area contributed by atoms with Crippen molar-refractivity contribution < 1.29 is 9.59 Å². The van der Waals surface area contributed by atoms with Crippen molar-refractivity contribution in [2.24, 2.45) is 0 Å². The molecular formula is C16H17N3O2S. The van der Waals surface area contributed by atoms with Crippen LogP contribution < -0.4 is 10.6 Å². The van der Waals surface area contributed by atoms with E-state index in [1.807, 2.05) is 31.2 Å². The van der Waals surface area contributed by atoms with Gasteiger partial charge in [0.15, 0.2) is 0 Å². The molecule has 1 aromatic heterocycles. The van der Waals surface area contributed by atoms with E-state index >= 15 is 0 Å². The number of nitrogens with zero attached hydrogens (tertiary/aromatic N) is 1. The minimum atomic E-state index is -0.263. The monoisotopic (exact) mass is 315 g/mol. The maximum atomic E-state index is 12.2. The molecule has 2 rings (SSSR count). The van der Waals surface area contributed by atoms with E-state index in [0.717, 1.165) is 16.3 Å². The number of benzene rings is 1. The standard InChI is InChI=1S/C16H17N3O2S/c1-11(16(21)19-13-6-8-17-9-7-13)22-15-5-3-4-14(10-15)18-12(2)20/h3-11H,1-2H3,(H,18,20)(H,17,19,21). The number of amides is 2. The van der Waals surface area contributed by atoms with Crippen LogP contribution in [-0.2, 0) is 9.59 Å². The summed E-state index contributed by atoms with van der Waals surface area (Å²) >= 11 is 1.43. The number of thioether (sulfide) groups is 1. The van der Waals surface area contributed by atoms with Gasteiger partial charge in [-0.25, -0.2) is 0 Å². The van der Waals surface area contributed by atoms with Crippen molar-refractivity contribution in [3.05, 3.63) is 48.8 Å². The van der Waals surface area contributed by atoms with Gasteiger partial charge in [0.2, 0.25) is 11.8 Å². The predicted molar refractivity (Wildman–Crippen MR) is 88.9 cm³/mol. The van der Waals surface area contributed by atoms with Gasteiger partial charge in [0, 0.05) is 35.6 Å². The number of pyridine rings is 1. The van der Waals surface area contributed by atoms with Gasteiger partial charge >= 0.3 is 0 Å². The molecule has 2 amide bonds. The lowest BCUT2D eigenvalue weighted by atomic mass is 10.3. The molecule has 1 heterocycles. The number of rotatable bonds is 5. The number of anilines is 2. The molecule has 6 heteroatoms. The van der Waals surface area contributed by atoms with E-state index in [1.165, 1.54) is 18.7 Å². The number of carbonyl (C=O) groups excluding carboxylic acids is 2. The smallest absolute Gasteiger partial charge is 0.237 e. The first-order chi connectivity index (χ1) is 10.5. The SMILES string of the molecule is CC(=O)Nc1cccc(SC(C)C(=O)Nc2ccncc2)c1. The second-order valence-corrected chi connectivity index (χ2v) is 6.11. The van der Waals surface area contributed by atoms with Crippen LogP contribution in [0.1, 0.15) is 13.8 Å². The van der Waals surface area contributed by atoms with E-state index in [2.05, 4.69) is 15.6 Å². The largest absolute Gasteiger partial charge is 0.326 e. The molecule has 0 radical (unpaired) electrons. The second-order valence-electron chi connectivity index (χ2n) is 4.69. The van der Waals surface area contributed by atoms with E-state index in [9.17, 15) is 9.59 Å². The van der Waals surface area contributed by atoms with E-state index in [1.54, 1.807) is 24.5 Å². The Hall–Kier alpha value is -2.34. The molecule has 0 saturated carbocycles. The topological polar surface area (TPSA) is 71.1 Å². The third-order valence-electron chi connectivity index (χ3n) is 2.78. The Labute approximate surface area is 133 Å². The first kappa shape index (κ1) is 16.0. The molecule has 0 aliphatic heterocycles. The van der Waals surface area contributed by atoms with Gasteiger partial charge in [-0.05, 0) is 37.3 Å². The molecule has 0 aliphatic carbocycles. The first-order valence-corrected chi connectivity index (χ1v) is 7.68. The third-order valence-corrected chi connectivity index (χ3v) is 3.88. The van der Waals surface area contributed by atoms with Crippen LogP contribution in [0.4, 0.5) is 11.4 Å². The minimum absolute atomic E-state index is 0.0823. The summed E-state index contributed by atoms with van der Waals surface area (Å²) in [5.74, 6) is -0.202. The summed E-state index contributed by atoms with van der Waals surface area (Å²) in [7, 11) is 0. The Bertz CT molecular complexity index is 661. The summed E-state index contributed by atoms with van der Waals surface area (Å²) in [4.78, 5) is 28.1. The summed E-state index contributed by atoms with van der Waals surface area (Å²) in [6.45, 7) is 3.30. The van der Waals surface area contributed by atoms with E-state index in [0.29, 0.717) is 0 Å².